The molecule has 1 aromatic carbocycles. The van der Waals surface area contributed by atoms with Crippen LogP contribution >= 0.6 is 24.0 Å². The molecular weight excluding hydrogens is 217 g/mol. The summed E-state index contributed by atoms with van der Waals surface area (Å²) in [5.74, 6) is 0. The summed E-state index contributed by atoms with van der Waals surface area (Å²) in [7, 11) is 0. The fourth-order valence-electron chi connectivity index (χ4n) is 1.80. The molecule has 1 saturated heterocycles. The van der Waals surface area contributed by atoms with E-state index >= 15 is 0 Å². The minimum absolute atomic E-state index is 0. The zero-order valence-corrected chi connectivity index (χ0v) is 9.60. The van der Waals surface area contributed by atoms with Gasteiger partial charge in [-0.05, 0) is 31.4 Å². The number of hydrogen-bond donors (Lipinski definition) is 0. The topological polar surface area (TPSA) is 3.24 Å². The number of halogens is 2. The van der Waals surface area contributed by atoms with Gasteiger partial charge in [-0.25, -0.2) is 0 Å². The van der Waals surface area contributed by atoms with Crippen LogP contribution in [0, 0.1) is 0 Å². The first-order valence-corrected chi connectivity index (χ1v) is 5.27. The van der Waals surface area contributed by atoms with Gasteiger partial charge in [-0.15, -0.1) is 12.4 Å². The molecule has 2 rings (SSSR count). The quantitative estimate of drug-likeness (QED) is 0.527. The molecule has 1 atom stereocenters. The van der Waals surface area contributed by atoms with Crippen LogP contribution in [-0.4, -0.2) is 12.0 Å². The summed E-state index contributed by atoms with van der Waals surface area (Å²) in [5, 5.41) is 0. The highest BCUT2D eigenvalue weighted by Crippen LogP contribution is 2.26. The molecule has 0 saturated carbocycles. The van der Waals surface area contributed by atoms with Crippen LogP contribution in [0.2, 0.25) is 0 Å². The molecule has 1 nitrogen and oxygen atoms in total. The Labute approximate surface area is 96.5 Å². The lowest BCUT2D eigenvalue weighted by Gasteiger charge is -2.33. The maximum Gasteiger partial charge on any atom is 0.104 e. The lowest BCUT2D eigenvalue weighted by atomic mass is 10.1. The molecule has 78 valence electrons. The second kappa shape index (κ2) is 5.47. The summed E-state index contributed by atoms with van der Waals surface area (Å²) in [6, 6.07) is 10.4. The second-order valence-electron chi connectivity index (χ2n) is 3.46. The first-order chi connectivity index (χ1) is 6.38. The fraction of sp³-hybridized carbons (Fsp3) is 0.455. The molecule has 1 aromatic rings. The fourth-order valence-corrected chi connectivity index (χ4v) is 2.17. The number of benzene rings is 1. The predicted molar refractivity (Wildman–Crippen MR) is 64.5 cm³/mol. The summed E-state index contributed by atoms with van der Waals surface area (Å²) in [4.78, 5) is 2.28. The normalized spacial score (nSPS) is 21.5. The van der Waals surface area contributed by atoms with Crippen LogP contribution in [-0.2, 0) is 0 Å². The Hall–Kier alpha value is -0.400. The molecule has 1 heterocycles. The number of alkyl halides is 1. The molecular formula is C11H15Cl2N. The van der Waals surface area contributed by atoms with Crippen molar-refractivity contribution in [2.75, 3.05) is 11.4 Å². The Morgan fingerprint density at radius 3 is 2.50 bits per heavy atom. The number of para-hydroxylation sites is 1. The van der Waals surface area contributed by atoms with Gasteiger partial charge >= 0.3 is 0 Å². The summed E-state index contributed by atoms with van der Waals surface area (Å²) in [6.07, 6.45) is 3.63. The molecule has 14 heavy (non-hydrogen) atoms. The summed E-state index contributed by atoms with van der Waals surface area (Å²) in [6.45, 7) is 1.10. The van der Waals surface area contributed by atoms with Crippen LogP contribution in [0.25, 0.3) is 0 Å². The van der Waals surface area contributed by atoms with Crippen molar-refractivity contribution in [1.29, 1.82) is 0 Å². The minimum atomic E-state index is 0. The van der Waals surface area contributed by atoms with Crippen LogP contribution in [0.3, 0.4) is 0 Å². The molecule has 0 spiro atoms. The molecule has 0 amide bonds. The number of rotatable bonds is 1. The van der Waals surface area contributed by atoms with E-state index in [2.05, 4.69) is 29.2 Å². The Morgan fingerprint density at radius 2 is 1.86 bits per heavy atom. The largest absolute Gasteiger partial charge is 0.355 e. The van der Waals surface area contributed by atoms with Gasteiger partial charge in [0.25, 0.3) is 0 Å². The van der Waals surface area contributed by atoms with E-state index in [1.807, 2.05) is 6.07 Å². The molecule has 0 bridgehead atoms. The minimum Gasteiger partial charge on any atom is -0.355 e. The molecule has 1 unspecified atom stereocenters. The van der Waals surface area contributed by atoms with Gasteiger partial charge < -0.3 is 4.90 Å². The van der Waals surface area contributed by atoms with E-state index in [1.54, 1.807) is 0 Å². The van der Waals surface area contributed by atoms with Crippen LogP contribution < -0.4 is 4.90 Å². The molecule has 0 aliphatic carbocycles. The molecule has 1 aliphatic rings. The van der Waals surface area contributed by atoms with Crippen LogP contribution in [0.4, 0.5) is 5.69 Å². The van der Waals surface area contributed by atoms with Gasteiger partial charge in [0.05, 0.1) is 0 Å². The molecule has 0 aromatic heterocycles. The Balaban J connectivity index is 0.000000980. The SMILES string of the molecule is Cl.ClC1CCCCN1c1ccccc1. The van der Waals surface area contributed by atoms with Gasteiger partial charge in [-0.3, -0.25) is 0 Å². The number of piperidine rings is 1. The highest BCUT2D eigenvalue weighted by Gasteiger charge is 2.19. The second-order valence-corrected chi connectivity index (χ2v) is 3.96. The number of nitrogens with zero attached hydrogens (tertiary/aromatic N) is 1. The maximum atomic E-state index is 6.24. The van der Waals surface area contributed by atoms with Crippen molar-refractivity contribution in [3.05, 3.63) is 30.3 Å². The first-order valence-electron chi connectivity index (χ1n) is 4.84. The lowest BCUT2D eigenvalue weighted by molar-refractivity contribution is 0.545. The average molecular weight is 232 g/mol. The van der Waals surface area contributed by atoms with Crippen LogP contribution in [0.5, 0.6) is 0 Å². The Kier molecular flexibility index (Phi) is 4.56. The van der Waals surface area contributed by atoms with Crippen LogP contribution in [0.1, 0.15) is 19.3 Å². The van der Waals surface area contributed by atoms with E-state index in [0.29, 0.717) is 0 Å². The highest BCUT2D eigenvalue weighted by atomic mass is 35.5. The lowest BCUT2D eigenvalue weighted by Crippen LogP contribution is -2.35. The first kappa shape index (κ1) is 11.7. The summed E-state index contributed by atoms with van der Waals surface area (Å²) >= 11 is 6.24. The third kappa shape index (κ3) is 2.55. The molecule has 1 aliphatic heterocycles. The van der Waals surface area contributed by atoms with Gasteiger partial charge in [-0.2, -0.15) is 0 Å². The van der Waals surface area contributed by atoms with Crippen LogP contribution in [0.15, 0.2) is 30.3 Å². The van der Waals surface area contributed by atoms with E-state index < -0.39 is 0 Å². The number of hydrogen-bond acceptors (Lipinski definition) is 1. The van der Waals surface area contributed by atoms with Crippen molar-refractivity contribution in [3.63, 3.8) is 0 Å². The zero-order valence-electron chi connectivity index (χ0n) is 8.03. The summed E-state index contributed by atoms with van der Waals surface area (Å²) in [5.41, 5.74) is 1.44. The monoisotopic (exact) mass is 231 g/mol. The number of anilines is 1. The van der Waals surface area contributed by atoms with Gasteiger partial charge in [0, 0.05) is 12.2 Å². The van der Waals surface area contributed by atoms with Gasteiger partial charge in [0.2, 0.25) is 0 Å². The smallest absolute Gasteiger partial charge is 0.104 e. The summed E-state index contributed by atoms with van der Waals surface area (Å²) < 4.78 is 0. The molecule has 3 heteroatoms. The predicted octanol–water partition coefficient (Wildman–Crippen LogP) is 3.66. The molecule has 1 fully saturated rings. The van der Waals surface area contributed by atoms with Crippen molar-refractivity contribution in [2.45, 2.75) is 24.8 Å². The van der Waals surface area contributed by atoms with Crippen molar-refractivity contribution in [1.82, 2.24) is 0 Å². The van der Waals surface area contributed by atoms with E-state index in [0.717, 1.165) is 13.0 Å². The van der Waals surface area contributed by atoms with Crippen molar-refractivity contribution >= 4 is 29.7 Å². The van der Waals surface area contributed by atoms with Crippen molar-refractivity contribution in [3.8, 4) is 0 Å². The van der Waals surface area contributed by atoms with Crippen molar-refractivity contribution < 1.29 is 0 Å². The van der Waals surface area contributed by atoms with E-state index in [4.69, 9.17) is 11.6 Å². The van der Waals surface area contributed by atoms with Gasteiger partial charge in [0.1, 0.15) is 5.50 Å². The maximum absolute atomic E-state index is 6.24. The molecule has 0 radical (unpaired) electrons. The Bertz CT molecular complexity index is 263. The van der Waals surface area contributed by atoms with Crippen molar-refractivity contribution in [2.24, 2.45) is 0 Å². The standard InChI is InChI=1S/C11H14ClN.ClH/c12-11-8-4-5-9-13(11)10-6-2-1-3-7-10;/h1-3,6-7,11H,4-5,8-9H2;1H. The highest BCUT2D eigenvalue weighted by molar-refractivity contribution is 6.21. The van der Waals surface area contributed by atoms with E-state index in [-0.39, 0.29) is 17.9 Å². The molecule has 0 N–H and O–H groups in total. The average Bonchev–Trinajstić information content (AvgIpc) is 2.20. The third-order valence-corrected chi connectivity index (χ3v) is 2.97. The van der Waals surface area contributed by atoms with E-state index in [9.17, 15) is 0 Å². The van der Waals surface area contributed by atoms with E-state index in [1.165, 1.54) is 18.5 Å². The zero-order chi connectivity index (χ0) is 9.10. The van der Waals surface area contributed by atoms with Gasteiger partial charge in [0.15, 0.2) is 0 Å². The van der Waals surface area contributed by atoms with Gasteiger partial charge in [-0.1, -0.05) is 29.8 Å². The Morgan fingerprint density at radius 1 is 1.14 bits per heavy atom. The third-order valence-electron chi connectivity index (χ3n) is 2.52.